The average molecular weight is 471 g/mol. The summed E-state index contributed by atoms with van der Waals surface area (Å²) in [5, 5.41) is 24.8. The van der Waals surface area contributed by atoms with Crippen LogP contribution in [0.2, 0.25) is 5.02 Å². The predicted octanol–water partition coefficient (Wildman–Crippen LogP) is 3.01. The van der Waals surface area contributed by atoms with Crippen molar-refractivity contribution in [3.63, 3.8) is 0 Å². The molecule has 12 heteroatoms. The summed E-state index contributed by atoms with van der Waals surface area (Å²) in [7, 11) is 1.45. The van der Waals surface area contributed by atoms with Crippen molar-refractivity contribution in [2.75, 3.05) is 5.32 Å². The van der Waals surface area contributed by atoms with Crippen LogP contribution < -0.4 is 10.9 Å². The highest BCUT2D eigenvalue weighted by Gasteiger charge is 2.33. The van der Waals surface area contributed by atoms with Crippen LogP contribution in [0.1, 0.15) is 52.4 Å². The number of carbonyl (C=O) groups excluding carboxylic acids is 1. The summed E-state index contributed by atoms with van der Waals surface area (Å²) in [6.07, 6.45) is 2.47. The van der Waals surface area contributed by atoms with Gasteiger partial charge in [-0.25, -0.2) is 4.98 Å². The van der Waals surface area contributed by atoms with Gasteiger partial charge in [0, 0.05) is 24.9 Å². The van der Waals surface area contributed by atoms with Crippen LogP contribution >= 0.6 is 11.6 Å². The van der Waals surface area contributed by atoms with E-state index in [0.717, 1.165) is 0 Å². The van der Waals surface area contributed by atoms with Crippen molar-refractivity contribution in [3.05, 3.63) is 81.0 Å². The number of nitrogens with zero attached hydrogens (tertiary/aromatic N) is 5. The summed E-state index contributed by atoms with van der Waals surface area (Å²) < 4.78 is 11.5. The van der Waals surface area contributed by atoms with Crippen molar-refractivity contribution < 1.29 is 18.8 Å². The van der Waals surface area contributed by atoms with Gasteiger partial charge >= 0.3 is 0 Å². The lowest BCUT2D eigenvalue weighted by molar-refractivity contribution is 0.101. The summed E-state index contributed by atoms with van der Waals surface area (Å²) in [5.41, 5.74) is -0.317. The second kappa shape index (κ2) is 8.87. The Bertz CT molecular complexity index is 1360. The Labute approximate surface area is 192 Å². The Balaban J connectivity index is 1.83. The van der Waals surface area contributed by atoms with E-state index in [2.05, 4.69) is 30.2 Å². The predicted molar refractivity (Wildman–Crippen MR) is 116 cm³/mol. The number of aromatic nitrogens is 5. The highest BCUT2D eigenvalue weighted by atomic mass is 35.5. The van der Waals surface area contributed by atoms with E-state index in [1.807, 2.05) is 6.07 Å². The quantitative estimate of drug-likeness (QED) is 0.433. The topological polar surface area (TPSA) is 149 Å². The van der Waals surface area contributed by atoms with Crippen LogP contribution in [-0.2, 0) is 7.05 Å². The van der Waals surface area contributed by atoms with Crippen LogP contribution in [0, 0.1) is 6.92 Å². The largest absolute Gasteiger partial charge is 0.501 e. The van der Waals surface area contributed by atoms with Crippen molar-refractivity contribution in [1.82, 2.24) is 24.9 Å². The van der Waals surface area contributed by atoms with Crippen LogP contribution in [0.3, 0.4) is 0 Å². The van der Waals surface area contributed by atoms with Gasteiger partial charge in [0.15, 0.2) is 5.69 Å². The molecule has 2 N–H and O–H groups in total. The van der Waals surface area contributed by atoms with E-state index in [-0.39, 0.29) is 17.4 Å². The standard InChI is InChI=1S/C21H19ClN6O5/c1-10(15(20-27-26-11(2)33-20)13-6-4-5-7-14(13)22)18-25-16(17(29)21(31)28(18)3)19(30)24-12-8-23-32-9-12/h4-10,15,29H,1-3H3,(H,24,30)/t10-,15-/m1/s1. The lowest BCUT2D eigenvalue weighted by Crippen LogP contribution is -2.29. The van der Waals surface area contributed by atoms with Gasteiger partial charge in [0.2, 0.25) is 17.5 Å². The molecule has 0 saturated heterocycles. The monoisotopic (exact) mass is 470 g/mol. The zero-order chi connectivity index (χ0) is 23.7. The first kappa shape index (κ1) is 22.2. The van der Waals surface area contributed by atoms with Gasteiger partial charge in [0.1, 0.15) is 17.8 Å². The molecular formula is C21H19ClN6O5. The molecule has 0 saturated carbocycles. The van der Waals surface area contributed by atoms with Gasteiger partial charge in [-0.05, 0) is 11.6 Å². The smallest absolute Gasteiger partial charge is 0.296 e. The van der Waals surface area contributed by atoms with Crippen LogP contribution in [0.4, 0.5) is 5.69 Å². The molecule has 0 unspecified atom stereocenters. The second-order valence-corrected chi connectivity index (χ2v) is 7.75. The molecule has 170 valence electrons. The molecule has 2 atom stereocenters. The average Bonchev–Trinajstić information content (AvgIpc) is 3.45. The first-order valence-electron chi connectivity index (χ1n) is 9.83. The Hall–Kier alpha value is -3.99. The molecule has 4 aromatic rings. The number of hydrogen-bond acceptors (Lipinski definition) is 9. The van der Waals surface area contributed by atoms with Crippen molar-refractivity contribution in [1.29, 1.82) is 0 Å². The number of halogens is 1. The van der Waals surface area contributed by atoms with Gasteiger partial charge in [-0.3, -0.25) is 14.2 Å². The first-order chi connectivity index (χ1) is 15.8. The summed E-state index contributed by atoms with van der Waals surface area (Å²) in [6, 6.07) is 7.13. The number of rotatable bonds is 6. The van der Waals surface area contributed by atoms with Crippen molar-refractivity contribution >= 4 is 23.2 Å². The molecule has 1 aromatic carbocycles. The molecule has 0 spiro atoms. The second-order valence-electron chi connectivity index (χ2n) is 7.35. The number of anilines is 1. The normalized spacial score (nSPS) is 13.0. The van der Waals surface area contributed by atoms with E-state index in [9.17, 15) is 14.7 Å². The van der Waals surface area contributed by atoms with E-state index in [4.69, 9.17) is 16.0 Å². The molecule has 0 aliphatic rings. The molecule has 33 heavy (non-hydrogen) atoms. The fraction of sp³-hybridized carbons (Fsp3) is 0.238. The zero-order valence-electron chi connectivity index (χ0n) is 17.8. The fourth-order valence-electron chi connectivity index (χ4n) is 3.56. The highest BCUT2D eigenvalue weighted by molar-refractivity contribution is 6.31. The third-order valence-electron chi connectivity index (χ3n) is 5.16. The number of carbonyl (C=O) groups is 1. The molecule has 0 bridgehead atoms. The Morgan fingerprint density at radius 1 is 1.27 bits per heavy atom. The maximum atomic E-state index is 12.8. The van der Waals surface area contributed by atoms with Crippen LogP contribution in [-0.4, -0.2) is 35.9 Å². The maximum Gasteiger partial charge on any atom is 0.296 e. The number of aromatic hydroxyl groups is 1. The van der Waals surface area contributed by atoms with Crippen LogP contribution in [0.25, 0.3) is 0 Å². The number of amides is 1. The summed E-state index contributed by atoms with van der Waals surface area (Å²) in [6.45, 7) is 3.45. The number of benzene rings is 1. The molecule has 0 fully saturated rings. The number of nitrogens with one attached hydrogen (secondary N) is 1. The SMILES string of the molecule is Cc1nnc([C@@H](c2ccccc2Cl)[C@@H](C)c2nc(C(=O)Nc3cnoc3)c(O)c(=O)n2C)o1. The fourth-order valence-corrected chi connectivity index (χ4v) is 3.81. The van der Waals surface area contributed by atoms with Gasteiger partial charge in [-0.15, -0.1) is 10.2 Å². The van der Waals surface area contributed by atoms with Crippen LogP contribution in [0.15, 0.2) is 50.5 Å². The summed E-state index contributed by atoms with van der Waals surface area (Å²) in [4.78, 5) is 29.8. The Morgan fingerprint density at radius 2 is 2.03 bits per heavy atom. The highest BCUT2D eigenvalue weighted by Crippen LogP contribution is 2.39. The molecule has 1 amide bonds. The van der Waals surface area contributed by atoms with E-state index < -0.39 is 34.7 Å². The molecule has 3 aromatic heterocycles. The molecule has 0 aliphatic heterocycles. The molecule has 3 heterocycles. The summed E-state index contributed by atoms with van der Waals surface area (Å²) in [5.74, 6) is -1.91. The van der Waals surface area contributed by atoms with Gasteiger partial charge in [0.05, 0.1) is 12.1 Å². The minimum atomic E-state index is -0.801. The van der Waals surface area contributed by atoms with Gasteiger partial charge in [-0.2, -0.15) is 0 Å². The van der Waals surface area contributed by atoms with Crippen LogP contribution in [0.5, 0.6) is 5.75 Å². The van der Waals surface area contributed by atoms with Gasteiger partial charge in [0.25, 0.3) is 11.5 Å². The molecule has 4 rings (SSSR count). The van der Waals surface area contributed by atoms with Gasteiger partial charge in [-0.1, -0.05) is 41.9 Å². The van der Waals surface area contributed by atoms with E-state index in [0.29, 0.717) is 16.5 Å². The Kier molecular flexibility index (Phi) is 5.97. The zero-order valence-corrected chi connectivity index (χ0v) is 18.6. The first-order valence-corrected chi connectivity index (χ1v) is 10.2. The molecule has 0 radical (unpaired) electrons. The third kappa shape index (κ3) is 4.22. The van der Waals surface area contributed by atoms with Crippen molar-refractivity contribution in [2.45, 2.75) is 25.7 Å². The lowest BCUT2D eigenvalue weighted by atomic mass is 9.86. The summed E-state index contributed by atoms with van der Waals surface area (Å²) >= 11 is 6.47. The van der Waals surface area contributed by atoms with Crippen molar-refractivity contribution in [3.8, 4) is 5.75 Å². The van der Waals surface area contributed by atoms with E-state index in [1.54, 1.807) is 32.0 Å². The Morgan fingerprint density at radius 3 is 2.67 bits per heavy atom. The lowest BCUT2D eigenvalue weighted by Gasteiger charge is -2.24. The van der Waals surface area contributed by atoms with E-state index >= 15 is 0 Å². The number of aryl methyl sites for hydroxylation is 1. The van der Waals surface area contributed by atoms with E-state index in [1.165, 1.54) is 24.1 Å². The maximum absolute atomic E-state index is 12.8. The number of hydrogen-bond donors (Lipinski definition) is 2. The van der Waals surface area contributed by atoms with Gasteiger partial charge < -0.3 is 19.4 Å². The third-order valence-corrected chi connectivity index (χ3v) is 5.51. The molecule has 0 aliphatic carbocycles. The van der Waals surface area contributed by atoms with Crippen molar-refractivity contribution in [2.24, 2.45) is 7.05 Å². The molecular weight excluding hydrogens is 452 g/mol. The minimum Gasteiger partial charge on any atom is -0.501 e. The minimum absolute atomic E-state index is 0.203. The molecule has 11 nitrogen and oxygen atoms in total.